The third kappa shape index (κ3) is 6.49. The van der Waals surface area contributed by atoms with Gasteiger partial charge in [-0.05, 0) is 56.0 Å². The number of aliphatic imine (C=N–C) groups is 1. The van der Waals surface area contributed by atoms with E-state index in [4.69, 9.17) is 4.98 Å². The van der Waals surface area contributed by atoms with Gasteiger partial charge in [-0.15, -0.1) is 36.2 Å². The highest BCUT2D eigenvalue weighted by Crippen LogP contribution is 2.27. The molecule has 0 radical (unpaired) electrons. The number of aryl methyl sites for hydroxylation is 3. The lowest BCUT2D eigenvalue weighted by Gasteiger charge is -2.11. The number of aromatic nitrogens is 3. The van der Waals surface area contributed by atoms with Crippen LogP contribution in [0, 0.1) is 20.8 Å². The molecule has 156 valence electrons. The lowest BCUT2D eigenvalue weighted by Crippen LogP contribution is -2.14. The van der Waals surface area contributed by atoms with Gasteiger partial charge in [0, 0.05) is 37.8 Å². The van der Waals surface area contributed by atoms with Crippen LogP contribution in [0.2, 0.25) is 0 Å². The van der Waals surface area contributed by atoms with Gasteiger partial charge in [0.15, 0.2) is 5.82 Å². The van der Waals surface area contributed by atoms with Crippen LogP contribution in [-0.2, 0) is 6.42 Å². The van der Waals surface area contributed by atoms with Crippen molar-refractivity contribution in [1.29, 1.82) is 0 Å². The predicted molar refractivity (Wildman–Crippen MR) is 128 cm³/mol. The molecule has 0 unspecified atom stereocenters. The smallest absolute Gasteiger partial charge is 0.178 e. The Balaban J connectivity index is 0.00000210. The molecule has 3 rings (SSSR count). The van der Waals surface area contributed by atoms with Gasteiger partial charge in [-0.25, -0.2) is 19.9 Å². The maximum absolute atomic E-state index is 4.73. The van der Waals surface area contributed by atoms with Crippen LogP contribution in [0.1, 0.15) is 34.2 Å². The third-order valence-corrected chi connectivity index (χ3v) is 5.30. The summed E-state index contributed by atoms with van der Waals surface area (Å²) in [6.45, 7) is 9.27. The number of hydrogen-bond acceptors (Lipinski definition) is 5. The van der Waals surface area contributed by atoms with Gasteiger partial charge in [0.2, 0.25) is 0 Å². The van der Waals surface area contributed by atoms with E-state index in [0.717, 1.165) is 34.9 Å². The first kappa shape index (κ1) is 25.0. The van der Waals surface area contributed by atoms with E-state index in [0.29, 0.717) is 5.82 Å². The second-order valence-electron chi connectivity index (χ2n) is 6.77. The molecule has 5 nitrogen and oxygen atoms in total. The van der Waals surface area contributed by atoms with Gasteiger partial charge >= 0.3 is 0 Å². The Hall–Kier alpha value is -2.02. The zero-order chi connectivity index (χ0) is 19.4. The summed E-state index contributed by atoms with van der Waals surface area (Å²) in [7, 11) is 2.03. The Kier molecular flexibility index (Phi) is 9.70. The largest absolute Gasteiger partial charge is 0.366 e. The first-order valence-corrected chi connectivity index (χ1v) is 9.92. The summed E-state index contributed by atoms with van der Waals surface area (Å²) < 4.78 is 0. The van der Waals surface area contributed by atoms with Gasteiger partial charge in [0.25, 0.3) is 0 Å². The fourth-order valence-corrected chi connectivity index (χ4v) is 3.41. The highest BCUT2D eigenvalue weighted by atomic mass is 35.5. The van der Waals surface area contributed by atoms with Crippen LogP contribution in [0.5, 0.6) is 0 Å². The van der Waals surface area contributed by atoms with Gasteiger partial charge in [-0.1, -0.05) is 6.07 Å². The molecule has 0 N–H and O–H groups in total. The highest BCUT2D eigenvalue weighted by molar-refractivity contribution is 7.10. The number of halogens is 2. The summed E-state index contributed by atoms with van der Waals surface area (Å²) in [5.74, 6) is 0.681. The molecule has 29 heavy (non-hydrogen) atoms. The monoisotopic (exact) mass is 451 g/mol. The van der Waals surface area contributed by atoms with E-state index < -0.39 is 0 Å². The highest BCUT2D eigenvalue weighted by Gasteiger charge is 2.10. The van der Waals surface area contributed by atoms with Crippen molar-refractivity contribution in [2.75, 3.05) is 13.6 Å². The first-order valence-electron chi connectivity index (χ1n) is 9.04. The van der Waals surface area contributed by atoms with Crippen LogP contribution in [-0.4, -0.2) is 39.8 Å². The van der Waals surface area contributed by atoms with Crippen molar-refractivity contribution < 1.29 is 0 Å². The normalized spacial score (nSPS) is 10.5. The minimum atomic E-state index is 0. The molecular weight excluding hydrogens is 425 g/mol. The Morgan fingerprint density at radius 1 is 1.07 bits per heavy atom. The SMILES string of the molecule is CCN(C)C=Nc1cc(C)c(Cc2nc(-c3ncc(C)cn3)cs2)cc1C.Cl.Cl. The summed E-state index contributed by atoms with van der Waals surface area (Å²) in [5, 5.41) is 3.10. The average molecular weight is 452 g/mol. The van der Waals surface area contributed by atoms with Crippen molar-refractivity contribution in [3.8, 4) is 11.5 Å². The van der Waals surface area contributed by atoms with Crippen LogP contribution in [0.25, 0.3) is 11.5 Å². The number of hydrogen-bond donors (Lipinski definition) is 0. The maximum atomic E-state index is 4.73. The average Bonchev–Trinajstić information content (AvgIpc) is 3.12. The van der Waals surface area contributed by atoms with Crippen molar-refractivity contribution in [1.82, 2.24) is 19.9 Å². The van der Waals surface area contributed by atoms with Crippen LogP contribution in [0.3, 0.4) is 0 Å². The lowest BCUT2D eigenvalue weighted by molar-refractivity contribution is 0.552. The first-order chi connectivity index (χ1) is 13.0. The Labute approximate surface area is 189 Å². The predicted octanol–water partition coefficient (Wildman–Crippen LogP) is 5.57. The van der Waals surface area contributed by atoms with Crippen molar-refractivity contribution in [3.05, 3.63) is 57.2 Å². The molecule has 2 heterocycles. The van der Waals surface area contributed by atoms with Gasteiger partial charge in [0.05, 0.1) is 17.0 Å². The van der Waals surface area contributed by atoms with Crippen molar-refractivity contribution >= 4 is 48.2 Å². The minimum Gasteiger partial charge on any atom is -0.366 e. The number of rotatable bonds is 6. The van der Waals surface area contributed by atoms with Crippen LogP contribution in [0.4, 0.5) is 5.69 Å². The molecule has 3 aromatic rings. The number of thiazole rings is 1. The molecule has 0 atom stereocenters. The summed E-state index contributed by atoms with van der Waals surface area (Å²) in [6.07, 6.45) is 6.34. The Morgan fingerprint density at radius 2 is 1.76 bits per heavy atom. The van der Waals surface area contributed by atoms with Crippen molar-refractivity contribution in [2.45, 2.75) is 34.1 Å². The molecule has 0 aliphatic carbocycles. The fourth-order valence-electron chi connectivity index (χ4n) is 2.62. The minimum absolute atomic E-state index is 0. The van der Waals surface area contributed by atoms with E-state index in [1.165, 1.54) is 16.7 Å². The molecule has 0 saturated carbocycles. The Morgan fingerprint density at radius 3 is 2.41 bits per heavy atom. The van der Waals surface area contributed by atoms with E-state index in [2.05, 4.69) is 52.8 Å². The number of nitrogens with zero attached hydrogens (tertiary/aromatic N) is 5. The van der Waals surface area contributed by atoms with Crippen LogP contribution >= 0.6 is 36.2 Å². The van der Waals surface area contributed by atoms with Crippen molar-refractivity contribution in [3.63, 3.8) is 0 Å². The summed E-state index contributed by atoms with van der Waals surface area (Å²) in [6, 6.07) is 4.37. The van der Waals surface area contributed by atoms with E-state index in [1.807, 2.05) is 38.1 Å². The van der Waals surface area contributed by atoms with Crippen LogP contribution in [0.15, 0.2) is 34.9 Å². The number of benzene rings is 1. The Bertz CT molecular complexity index is 954. The summed E-state index contributed by atoms with van der Waals surface area (Å²) in [5.41, 5.74) is 6.59. The second-order valence-corrected chi connectivity index (χ2v) is 7.71. The molecule has 1 aromatic carbocycles. The summed E-state index contributed by atoms with van der Waals surface area (Å²) >= 11 is 1.65. The molecular formula is C21H27Cl2N5S. The maximum Gasteiger partial charge on any atom is 0.178 e. The topological polar surface area (TPSA) is 54.3 Å². The van der Waals surface area contributed by atoms with Gasteiger partial charge < -0.3 is 4.90 Å². The summed E-state index contributed by atoms with van der Waals surface area (Å²) in [4.78, 5) is 20.1. The van der Waals surface area contributed by atoms with Crippen molar-refractivity contribution in [2.24, 2.45) is 4.99 Å². The van der Waals surface area contributed by atoms with E-state index in [-0.39, 0.29) is 24.8 Å². The quantitative estimate of drug-likeness (QED) is 0.362. The second kappa shape index (κ2) is 11.2. The van der Waals surface area contributed by atoms with Gasteiger partial charge in [0.1, 0.15) is 5.69 Å². The molecule has 0 aliphatic heterocycles. The lowest BCUT2D eigenvalue weighted by atomic mass is 10.0. The van der Waals surface area contributed by atoms with Gasteiger partial charge in [-0.3, -0.25) is 0 Å². The zero-order valence-electron chi connectivity index (χ0n) is 17.3. The molecule has 2 aromatic heterocycles. The molecule has 0 fully saturated rings. The molecule has 0 aliphatic rings. The standard InChI is InChI=1S/C21H25N5S.2ClH/c1-6-26(5)13-24-18-8-15(3)17(7-16(18)4)9-20-25-19(12-27-20)21-22-10-14(2)11-23-21;;/h7-8,10-13H,6,9H2,1-5H3;2*1H. The molecule has 0 saturated heterocycles. The fraction of sp³-hybridized carbons (Fsp3) is 0.333. The van der Waals surface area contributed by atoms with Gasteiger partial charge in [-0.2, -0.15) is 0 Å². The third-order valence-electron chi connectivity index (χ3n) is 4.45. The molecule has 0 bridgehead atoms. The molecule has 0 spiro atoms. The zero-order valence-corrected chi connectivity index (χ0v) is 19.8. The molecule has 8 heteroatoms. The molecule has 0 amide bonds. The van der Waals surface area contributed by atoms with Crippen LogP contribution < -0.4 is 0 Å². The van der Waals surface area contributed by atoms with E-state index in [1.54, 1.807) is 11.3 Å². The van der Waals surface area contributed by atoms with E-state index >= 15 is 0 Å². The van der Waals surface area contributed by atoms with E-state index in [9.17, 15) is 0 Å².